The van der Waals surface area contributed by atoms with Gasteiger partial charge in [-0.3, -0.25) is 9.78 Å². The third-order valence-corrected chi connectivity index (χ3v) is 7.84. The van der Waals surface area contributed by atoms with Crippen molar-refractivity contribution in [3.8, 4) is 11.5 Å². The van der Waals surface area contributed by atoms with Crippen LogP contribution in [0.1, 0.15) is 80.4 Å². The van der Waals surface area contributed by atoms with Crippen LogP contribution >= 0.6 is 0 Å². The molecule has 1 aromatic heterocycles. The van der Waals surface area contributed by atoms with Gasteiger partial charge < -0.3 is 10.1 Å². The molecule has 1 heterocycles. The summed E-state index contributed by atoms with van der Waals surface area (Å²) < 4.78 is 6.22. The van der Waals surface area contributed by atoms with E-state index < -0.39 is 0 Å². The van der Waals surface area contributed by atoms with Crippen LogP contribution in [0, 0.1) is 11.8 Å². The summed E-state index contributed by atoms with van der Waals surface area (Å²) >= 11 is 0. The van der Waals surface area contributed by atoms with Gasteiger partial charge in [-0.1, -0.05) is 69.2 Å². The Bertz CT molecular complexity index is 1340. The molecule has 4 nitrogen and oxygen atoms in total. The zero-order valence-corrected chi connectivity index (χ0v) is 22.0. The van der Waals surface area contributed by atoms with Crippen molar-refractivity contribution in [2.45, 2.75) is 58.8 Å². The lowest BCUT2D eigenvalue weighted by Gasteiger charge is -2.27. The second-order valence-corrected chi connectivity index (χ2v) is 10.5. The van der Waals surface area contributed by atoms with E-state index in [1.54, 1.807) is 6.20 Å². The second-order valence-electron chi connectivity index (χ2n) is 10.5. The standard InChI is InChI=1S/C33H36N2O2/c1-4-24-17-22(2)23(3)18-26(19-24)32-21-29(15-16-34-32)37-28-12-8-11-27(20-28)35-33(36)31-14-6-5-13-30(31)25-9-7-10-25/h5-6,8,11-16,18-23,25H,4,7,9-10,17H2,1-3H3,(H,35,36). The van der Waals surface area contributed by atoms with Gasteiger partial charge >= 0.3 is 0 Å². The average Bonchev–Trinajstić information content (AvgIpc) is 3.01. The van der Waals surface area contributed by atoms with E-state index in [4.69, 9.17) is 4.74 Å². The van der Waals surface area contributed by atoms with Gasteiger partial charge in [-0.25, -0.2) is 0 Å². The molecule has 190 valence electrons. The highest BCUT2D eigenvalue weighted by atomic mass is 16.5. The highest BCUT2D eigenvalue weighted by Crippen LogP contribution is 2.38. The lowest BCUT2D eigenvalue weighted by atomic mass is 9.78. The van der Waals surface area contributed by atoms with E-state index in [0.29, 0.717) is 29.2 Å². The van der Waals surface area contributed by atoms with Crippen molar-refractivity contribution in [3.05, 3.63) is 101 Å². The number of carbonyl (C=O) groups excluding carboxylic acids is 1. The Labute approximate surface area is 220 Å². The molecule has 2 aromatic carbocycles. The number of amides is 1. The van der Waals surface area contributed by atoms with Crippen molar-refractivity contribution < 1.29 is 9.53 Å². The monoisotopic (exact) mass is 492 g/mol. The highest BCUT2D eigenvalue weighted by molar-refractivity contribution is 6.05. The number of rotatable bonds is 7. The number of ether oxygens (including phenoxy) is 1. The van der Waals surface area contributed by atoms with Crippen molar-refractivity contribution in [1.82, 2.24) is 4.98 Å². The Kier molecular flexibility index (Phi) is 7.55. The summed E-state index contributed by atoms with van der Waals surface area (Å²) in [5.41, 5.74) is 6.16. The summed E-state index contributed by atoms with van der Waals surface area (Å²) in [4.78, 5) is 17.8. The molecule has 0 saturated heterocycles. The number of aromatic nitrogens is 1. The Balaban J connectivity index is 1.33. The summed E-state index contributed by atoms with van der Waals surface area (Å²) in [6, 6.07) is 19.4. The molecule has 1 N–H and O–H groups in total. The first-order chi connectivity index (χ1) is 18.0. The van der Waals surface area contributed by atoms with Gasteiger partial charge in [0.2, 0.25) is 0 Å². The van der Waals surface area contributed by atoms with Crippen molar-refractivity contribution in [2.75, 3.05) is 5.32 Å². The van der Waals surface area contributed by atoms with Crippen LogP contribution in [-0.2, 0) is 0 Å². The summed E-state index contributed by atoms with van der Waals surface area (Å²) in [5, 5.41) is 3.07. The molecule has 1 amide bonds. The Morgan fingerprint density at radius 2 is 1.84 bits per heavy atom. The predicted molar refractivity (Wildman–Crippen MR) is 151 cm³/mol. The molecule has 5 rings (SSSR count). The van der Waals surface area contributed by atoms with Crippen LogP contribution in [0.3, 0.4) is 0 Å². The van der Waals surface area contributed by atoms with Gasteiger partial charge in [0, 0.05) is 29.6 Å². The van der Waals surface area contributed by atoms with Crippen LogP contribution in [0.2, 0.25) is 0 Å². The number of carbonyl (C=O) groups is 1. The number of anilines is 1. The number of hydrogen-bond donors (Lipinski definition) is 1. The van der Waals surface area contributed by atoms with Crippen molar-refractivity contribution in [2.24, 2.45) is 11.8 Å². The topological polar surface area (TPSA) is 51.2 Å². The Hall–Kier alpha value is -3.66. The average molecular weight is 493 g/mol. The Morgan fingerprint density at radius 3 is 2.62 bits per heavy atom. The lowest BCUT2D eigenvalue weighted by molar-refractivity contribution is 0.102. The van der Waals surface area contributed by atoms with Gasteiger partial charge in [-0.05, 0) is 78.8 Å². The van der Waals surface area contributed by atoms with Crippen LogP contribution in [0.15, 0.2) is 84.6 Å². The molecule has 0 spiro atoms. The fraction of sp³-hybridized carbons (Fsp3) is 0.333. The van der Waals surface area contributed by atoms with E-state index in [1.807, 2.05) is 54.6 Å². The molecule has 1 fully saturated rings. The number of allylic oxidation sites excluding steroid dienone is 4. The van der Waals surface area contributed by atoms with Crippen LogP contribution in [0.4, 0.5) is 5.69 Å². The number of nitrogens with one attached hydrogen (secondary N) is 1. The molecule has 2 aliphatic carbocycles. The molecule has 0 radical (unpaired) electrons. The van der Waals surface area contributed by atoms with Crippen LogP contribution < -0.4 is 10.1 Å². The van der Waals surface area contributed by atoms with Crippen LogP contribution in [0.5, 0.6) is 11.5 Å². The van der Waals surface area contributed by atoms with Crippen LogP contribution in [0.25, 0.3) is 5.57 Å². The molecular weight excluding hydrogens is 456 g/mol. The first kappa shape index (κ1) is 25.0. The molecular formula is C33H36N2O2. The van der Waals surface area contributed by atoms with Gasteiger partial charge in [0.1, 0.15) is 11.5 Å². The maximum Gasteiger partial charge on any atom is 0.255 e. The molecule has 1 saturated carbocycles. The molecule has 2 unspecified atom stereocenters. The van der Waals surface area contributed by atoms with Gasteiger partial charge in [-0.2, -0.15) is 0 Å². The highest BCUT2D eigenvalue weighted by Gasteiger charge is 2.24. The third-order valence-electron chi connectivity index (χ3n) is 7.84. The minimum absolute atomic E-state index is 0.0759. The lowest BCUT2D eigenvalue weighted by Crippen LogP contribution is -2.18. The van der Waals surface area contributed by atoms with E-state index in [0.717, 1.165) is 53.8 Å². The Morgan fingerprint density at radius 1 is 1.03 bits per heavy atom. The van der Waals surface area contributed by atoms with Gasteiger partial charge in [0.25, 0.3) is 5.91 Å². The van der Waals surface area contributed by atoms with Gasteiger partial charge in [0.15, 0.2) is 0 Å². The van der Waals surface area contributed by atoms with E-state index >= 15 is 0 Å². The fourth-order valence-corrected chi connectivity index (χ4v) is 5.16. The van der Waals surface area contributed by atoms with Crippen molar-refractivity contribution in [3.63, 3.8) is 0 Å². The number of hydrogen-bond acceptors (Lipinski definition) is 3. The third kappa shape index (κ3) is 5.85. The normalized spacial score (nSPS) is 19.8. The minimum Gasteiger partial charge on any atom is -0.457 e. The number of benzene rings is 2. The van der Waals surface area contributed by atoms with E-state index in [2.05, 4.69) is 49.3 Å². The molecule has 0 bridgehead atoms. The quantitative estimate of drug-likeness (QED) is 0.358. The summed E-state index contributed by atoms with van der Waals surface area (Å²) in [7, 11) is 0. The first-order valence-electron chi connectivity index (χ1n) is 13.6. The SMILES string of the molecule is CCC1=CC(c2cc(Oc3cccc(NC(=O)c4ccccc4C4CCC4)c3)ccn2)=CC(C)C(C)C1. The zero-order chi connectivity index (χ0) is 25.8. The summed E-state index contributed by atoms with van der Waals surface area (Å²) in [5.74, 6) is 2.91. The molecule has 0 aliphatic heterocycles. The summed E-state index contributed by atoms with van der Waals surface area (Å²) in [6.45, 7) is 6.82. The predicted octanol–water partition coefficient (Wildman–Crippen LogP) is 8.79. The van der Waals surface area contributed by atoms with Crippen LogP contribution in [-0.4, -0.2) is 10.9 Å². The van der Waals surface area contributed by atoms with E-state index in [-0.39, 0.29) is 5.91 Å². The first-order valence-corrected chi connectivity index (χ1v) is 13.6. The van der Waals surface area contributed by atoms with E-state index in [9.17, 15) is 4.79 Å². The molecule has 3 aromatic rings. The largest absolute Gasteiger partial charge is 0.457 e. The molecule has 37 heavy (non-hydrogen) atoms. The van der Waals surface area contributed by atoms with Crippen molar-refractivity contribution >= 4 is 17.2 Å². The van der Waals surface area contributed by atoms with E-state index in [1.165, 1.54) is 12.0 Å². The number of pyridine rings is 1. The maximum absolute atomic E-state index is 13.1. The molecule has 4 heteroatoms. The number of nitrogens with zero attached hydrogens (tertiary/aromatic N) is 1. The van der Waals surface area contributed by atoms with Gasteiger partial charge in [0.05, 0.1) is 5.69 Å². The second kappa shape index (κ2) is 11.2. The summed E-state index contributed by atoms with van der Waals surface area (Å²) in [6.07, 6.45) is 12.2. The van der Waals surface area contributed by atoms with Gasteiger partial charge in [-0.15, -0.1) is 0 Å². The molecule has 2 aliphatic rings. The smallest absolute Gasteiger partial charge is 0.255 e. The maximum atomic E-state index is 13.1. The minimum atomic E-state index is -0.0759. The fourth-order valence-electron chi connectivity index (χ4n) is 5.16. The molecule has 2 atom stereocenters. The zero-order valence-electron chi connectivity index (χ0n) is 22.0. The van der Waals surface area contributed by atoms with Crippen molar-refractivity contribution in [1.29, 1.82) is 0 Å².